The quantitative estimate of drug-likeness (QED) is 0.591. The summed E-state index contributed by atoms with van der Waals surface area (Å²) in [5.41, 5.74) is 0.700. The first-order valence-electron chi connectivity index (χ1n) is 7.40. The van der Waals surface area contributed by atoms with Crippen LogP contribution in [0.1, 0.15) is 5.56 Å². The van der Waals surface area contributed by atoms with Gasteiger partial charge in [-0.1, -0.05) is 6.07 Å². The lowest BCUT2D eigenvalue weighted by Gasteiger charge is -2.09. The molecule has 0 bridgehead atoms. The topological polar surface area (TPSA) is 74.2 Å². The monoisotopic (exact) mass is 332 g/mol. The van der Waals surface area contributed by atoms with E-state index in [4.69, 9.17) is 18.9 Å². The normalized spacial score (nSPS) is 10.1. The van der Waals surface area contributed by atoms with Crippen LogP contribution in [0.25, 0.3) is 0 Å². The first kappa shape index (κ1) is 17.5. The van der Waals surface area contributed by atoms with E-state index >= 15 is 0 Å². The zero-order valence-electron chi connectivity index (χ0n) is 13.7. The Labute approximate surface area is 140 Å². The van der Waals surface area contributed by atoms with Crippen LogP contribution in [0.3, 0.4) is 0 Å². The van der Waals surface area contributed by atoms with Crippen molar-refractivity contribution in [3.63, 3.8) is 0 Å². The van der Waals surface area contributed by atoms with E-state index in [2.05, 4.69) is 0 Å². The van der Waals surface area contributed by atoms with Crippen molar-refractivity contribution in [2.75, 3.05) is 27.4 Å². The molecule has 0 aromatic heterocycles. The van der Waals surface area contributed by atoms with Crippen molar-refractivity contribution < 1.29 is 28.8 Å². The van der Waals surface area contributed by atoms with Crippen LogP contribution < -0.4 is 14.2 Å². The minimum atomic E-state index is -0.374. The second kappa shape index (κ2) is 8.67. The standard InChI is InChI=1S/C18H20O6/c1-21-14-4-6-15(7-5-14)23-9-10-24-18(20)12-13-3-8-16(19)17(11-13)22-2/h3-8,11,19H,9-10,12H2,1-2H3. The molecule has 2 rings (SSSR count). The molecule has 6 heteroatoms. The number of carbonyl (C=O) groups excluding carboxylic acids is 1. The summed E-state index contributed by atoms with van der Waals surface area (Å²) in [5, 5.41) is 9.52. The van der Waals surface area contributed by atoms with Crippen molar-refractivity contribution in [2.45, 2.75) is 6.42 Å². The molecule has 0 unspecified atom stereocenters. The van der Waals surface area contributed by atoms with Crippen molar-refractivity contribution in [1.29, 1.82) is 0 Å². The summed E-state index contributed by atoms with van der Waals surface area (Å²) >= 11 is 0. The van der Waals surface area contributed by atoms with Crippen molar-refractivity contribution in [2.24, 2.45) is 0 Å². The third-order valence-corrected chi connectivity index (χ3v) is 3.27. The van der Waals surface area contributed by atoms with Gasteiger partial charge in [-0.25, -0.2) is 0 Å². The molecule has 0 fully saturated rings. The average Bonchev–Trinajstić information content (AvgIpc) is 2.61. The molecular weight excluding hydrogens is 312 g/mol. The molecule has 2 aromatic carbocycles. The molecule has 2 aromatic rings. The lowest BCUT2D eigenvalue weighted by molar-refractivity contribution is -0.143. The molecule has 0 aliphatic carbocycles. The number of esters is 1. The van der Waals surface area contributed by atoms with Crippen LogP contribution in [0.4, 0.5) is 0 Å². The molecule has 0 atom stereocenters. The maximum absolute atomic E-state index is 11.8. The van der Waals surface area contributed by atoms with E-state index < -0.39 is 0 Å². The summed E-state index contributed by atoms with van der Waals surface area (Å²) in [6.45, 7) is 0.414. The van der Waals surface area contributed by atoms with E-state index in [1.54, 1.807) is 43.5 Å². The van der Waals surface area contributed by atoms with Crippen LogP contribution >= 0.6 is 0 Å². The molecule has 128 valence electrons. The smallest absolute Gasteiger partial charge is 0.310 e. The van der Waals surface area contributed by atoms with Crippen LogP contribution in [0, 0.1) is 0 Å². The van der Waals surface area contributed by atoms with Gasteiger partial charge < -0.3 is 24.1 Å². The van der Waals surface area contributed by atoms with E-state index in [1.807, 2.05) is 0 Å². The molecule has 0 spiro atoms. The highest BCUT2D eigenvalue weighted by molar-refractivity contribution is 5.72. The number of carbonyl (C=O) groups is 1. The van der Waals surface area contributed by atoms with Gasteiger partial charge in [-0.05, 0) is 42.0 Å². The third-order valence-electron chi connectivity index (χ3n) is 3.27. The zero-order valence-corrected chi connectivity index (χ0v) is 13.7. The summed E-state index contributed by atoms with van der Waals surface area (Å²) < 4.78 is 20.7. The highest BCUT2D eigenvalue weighted by Crippen LogP contribution is 2.26. The Hall–Kier alpha value is -2.89. The number of rotatable bonds is 8. The Bertz CT molecular complexity index is 666. The number of ether oxygens (including phenoxy) is 4. The Morgan fingerprint density at radius 1 is 0.958 bits per heavy atom. The summed E-state index contributed by atoms with van der Waals surface area (Å²) in [5.74, 6) is 1.40. The van der Waals surface area contributed by atoms with E-state index in [-0.39, 0.29) is 31.4 Å². The van der Waals surface area contributed by atoms with Crippen LogP contribution in [0.15, 0.2) is 42.5 Å². The summed E-state index contributed by atoms with van der Waals surface area (Å²) in [4.78, 5) is 11.8. The van der Waals surface area contributed by atoms with Crippen molar-refractivity contribution in [3.05, 3.63) is 48.0 Å². The number of methoxy groups -OCH3 is 2. The summed E-state index contributed by atoms with van der Waals surface area (Å²) in [6, 6.07) is 11.9. The maximum atomic E-state index is 11.8. The predicted molar refractivity (Wildman–Crippen MR) is 87.8 cm³/mol. The number of hydrogen-bond donors (Lipinski definition) is 1. The SMILES string of the molecule is COc1ccc(OCCOC(=O)Cc2ccc(O)c(OC)c2)cc1. The highest BCUT2D eigenvalue weighted by Gasteiger charge is 2.08. The van der Waals surface area contributed by atoms with E-state index in [0.29, 0.717) is 17.1 Å². The second-order valence-electron chi connectivity index (χ2n) is 4.93. The lowest BCUT2D eigenvalue weighted by atomic mass is 10.1. The molecule has 6 nitrogen and oxygen atoms in total. The molecule has 0 aliphatic heterocycles. The number of benzene rings is 2. The second-order valence-corrected chi connectivity index (χ2v) is 4.93. The molecule has 0 amide bonds. The lowest BCUT2D eigenvalue weighted by Crippen LogP contribution is -2.14. The molecular formula is C18H20O6. The first-order valence-corrected chi connectivity index (χ1v) is 7.40. The number of hydrogen-bond acceptors (Lipinski definition) is 6. The van der Waals surface area contributed by atoms with E-state index in [1.165, 1.54) is 13.2 Å². The van der Waals surface area contributed by atoms with Gasteiger partial charge in [0.1, 0.15) is 24.7 Å². The van der Waals surface area contributed by atoms with Crippen LogP contribution in [-0.4, -0.2) is 38.5 Å². The molecule has 0 saturated heterocycles. The van der Waals surface area contributed by atoms with Gasteiger partial charge in [-0.3, -0.25) is 4.79 Å². The molecule has 0 heterocycles. The molecule has 1 N–H and O–H groups in total. The predicted octanol–water partition coefficient (Wildman–Crippen LogP) is 2.57. The summed E-state index contributed by atoms with van der Waals surface area (Å²) in [6.07, 6.45) is 0.0964. The number of phenols is 1. The fourth-order valence-corrected chi connectivity index (χ4v) is 2.04. The maximum Gasteiger partial charge on any atom is 0.310 e. The fraction of sp³-hybridized carbons (Fsp3) is 0.278. The Morgan fingerprint density at radius 3 is 2.33 bits per heavy atom. The van der Waals surface area contributed by atoms with Gasteiger partial charge in [0.15, 0.2) is 11.5 Å². The van der Waals surface area contributed by atoms with E-state index in [9.17, 15) is 9.90 Å². The molecule has 0 radical (unpaired) electrons. The Morgan fingerprint density at radius 2 is 1.67 bits per heavy atom. The van der Waals surface area contributed by atoms with Gasteiger partial charge in [-0.15, -0.1) is 0 Å². The van der Waals surface area contributed by atoms with Crippen molar-refractivity contribution in [3.8, 4) is 23.0 Å². The van der Waals surface area contributed by atoms with Crippen LogP contribution in [0.5, 0.6) is 23.0 Å². The molecule has 24 heavy (non-hydrogen) atoms. The first-order chi connectivity index (χ1) is 11.6. The minimum Gasteiger partial charge on any atom is -0.504 e. The van der Waals surface area contributed by atoms with Crippen molar-refractivity contribution in [1.82, 2.24) is 0 Å². The zero-order chi connectivity index (χ0) is 17.4. The van der Waals surface area contributed by atoms with Crippen molar-refractivity contribution >= 4 is 5.97 Å². The van der Waals surface area contributed by atoms with Gasteiger partial charge in [0.05, 0.1) is 20.6 Å². The third kappa shape index (κ3) is 5.08. The van der Waals surface area contributed by atoms with Gasteiger partial charge in [0, 0.05) is 0 Å². The van der Waals surface area contributed by atoms with Gasteiger partial charge >= 0.3 is 5.97 Å². The van der Waals surface area contributed by atoms with E-state index in [0.717, 1.165) is 5.75 Å². The Kier molecular flexibility index (Phi) is 6.31. The summed E-state index contributed by atoms with van der Waals surface area (Å²) in [7, 11) is 3.05. The fourth-order valence-electron chi connectivity index (χ4n) is 2.04. The largest absolute Gasteiger partial charge is 0.504 e. The Balaban J connectivity index is 1.73. The van der Waals surface area contributed by atoms with Gasteiger partial charge in [0.25, 0.3) is 0 Å². The minimum absolute atomic E-state index is 0.0301. The number of aromatic hydroxyl groups is 1. The van der Waals surface area contributed by atoms with Gasteiger partial charge in [0.2, 0.25) is 0 Å². The number of phenolic OH excluding ortho intramolecular Hbond substituents is 1. The van der Waals surface area contributed by atoms with Crippen LogP contribution in [0.2, 0.25) is 0 Å². The van der Waals surface area contributed by atoms with Crippen LogP contribution in [-0.2, 0) is 16.0 Å². The molecule has 0 saturated carbocycles. The highest BCUT2D eigenvalue weighted by atomic mass is 16.6. The average molecular weight is 332 g/mol. The molecule has 0 aliphatic rings. The van der Waals surface area contributed by atoms with Gasteiger partial charge in [-0.2, -0.15) is 0 Å².